The molecule has 0 radical (unpaired) electrons. The molecule has 2 aromatic rings. The molecule has 18 heavy (non-hydrogen) atoms. The Hall–Kier alpha value is -1.80. The van der Waals surface area contributed by atoms with Crippen LogP contribution in [-0.2, 0) is 0 Å². The summed E-state index contributed by atoms with van der Waals surface area (Å²) in [6.07, 6.45) is 1.99. The van der Waals surface area contributed by atoms with E-state index in [1.165, 1.54) is 5.56 Å². The maximum absolute atomic E-state index is 12.2. The van der Waals surface area contributed by atoms with Gasteiger partial charge in [0.2, 0.25) is 5.78 Å². The van der Waals surface area contributed by atoms with Gasteiger partial charge in [-0.3, -0.25) is 4.79 Å². The van der Waals surface area contributed by atoms with E-state index in [1.807, 2.05) is 48.5 Å². The molecule has 0 saturated heterocycles. The first-order valence-corrected chi connectivity index (χ1v) is 6.66. The fraction of sp³-hybridized carbons (Fsp3) is 0.0625. The summed E-state index contributed by atoms with van der Waals surface area (Å²) in [5.41, 5.74) is 3.12. The van der Waals surface area contributed by atoms with Crippen LogP contribution in [0.1, 0.15) is 21.5 Å². The Kier molecular flexibility index (Phi) is 2.80. The molecule has 1 aliphatic heterocycles. The molecule has 0 amide bonds. The number of hydrogen-bond donors (Lipinski definition) is 0. The van der Waals surface area contributed by atoms with Crippen molar-refractivity contribution in [3.63, 3.8) is 0 Å². The molecule has 0 unspecified atom stereocenters. The van der Waals surface area contributed by atoms with Gasteiger partial charge in [0.05, 0.1) is 4.91 Å². The number of rotatable bonds is 1. The zero-order valence-corrected chi connectivity index (χ0v) is 10.8. The molecule has 2 aromatic carbocycles. The van der Waals surface area contributed by atoms with Gasteiger partial charge in [0.15, 0.2) is 0 Å². The Labute approximate surface area is 111 Å². The third-order valence-electron chi connectivity index (χ3n) is 3.05. The Bertz CT molecular complexity index is 656. The van der Waals surface area contributed by atoms with Crippen LogP contribution in [0.4, 0.5) is 0 Å². The molecule has 88 valence electrons. The lowest BCUT2D eigenvalue weighted by Crippen LogP contribution is -1.93. The number of hydrogen-bond acceptors (Lipinski definition) is 2. The van der Waals surface area contributed by atoms with Gasteiger partial charge in [0.25, 0.3) is 0 Å². The standard InChI is InChI=1S/C16H12OS/c1-11-6-2-3-7-12(11)10-15-16(17)13-8-4-5-9-14(13)18-15/h2-10H,1H3. The van der Waals surface area contributed by atoms with Crippen molar-refractivity contribution in [2.75, 3.05) is 0 Å². The minimum Gasteiger partial charge on any atom is -0.288 e. The predicted octanol–water partition coefficient (Wildman–Crippen LogP) is 4.32. The van der Waals surface area contributed by atoms with Crippen molar-refractivity contribution in [2.24, 2.45) is 0 Å². The quantitative estimate of drug-likeness (QED) is 0.703. The molecule has 1 heterocycles. The van der Waals surface area contributed by atoms with Crippen molar-refractivity contribution in [1.29, 1.82) is 0 Å². The highest BCUT2D eigenvalue weighted by Crippen LogP contribution is 2.40. The van der Waals surface area contributed by atoms with E-state index < -0.39 is 0 Å². The van der Waals surface area contributed by atoms with Crippen molar-refractivity contribution < 1.29 is 4.79 Å². The molecule has 0 saturated carbocycles. The van der Waals surface area contributed by atoms with Crippen LogP contribution in [0.25, 0.3) is 6.08 Å². The van der Waals surface area contributed by atoms with Crippen LogP contribution >= 0.6 is 11.8 Å². The number of carbonyl (C=O) groups is 1. The monoisotopic (exact) mass is 252 g/mol. The van der Waals surface area contributed by atoms with Crippen LogP contribution in [0, 0.1) is 6.92 Å². The van der Waals surface area contributed by atoms with Crippen LogP contribution in [0.15, 0.2) is 58.3 Å². The average Bonchev–Trinajstić information content (AvgIpc) is 2.70. The summed E-state index contributed by atoms with van der Waals surface area (Å²) in [7, 11) is 0. The van der Waals surface area contributed by atoms with Crippen LogP contribution in [0.5, 0.6) is 0 Å². The maximum Gasteiger partial charge on any atom is 0.200 e. The number of allylic oxidation sites excluding steroid dienone is 1. The maximum atomic E-state index is 12.2. The number of carbonyl (C=O) groups excluding carboxylic acids is 1. The number of fused-ring (bicyclic) bond motifs is 1. The highest BCUT2D eigenvalue weighted by atomic mass is 32.2. The van der Waals surface area contributed by atoms with Gasteiger partial charge < -0.3 is 0 Å². The van der Waals surface area contributed by atoms with Gasteiger partial charge in [-0.05, 0) is 36.3 Å². The van der Waals surface area contributed by atoms with Crippen LogP contribution in [-0.4, -0.2) is 5.78 Å². The van der Waals surface area contributed by atoms with Crippen LogP contribution < -0.4 is 0 Å². The molecule has 0 fully saturated rings. The van der Waals surface area contributed by atoms with Crippen LogP contribution in [0.3, 0.4) is 0 Å². The molecular formula is C16H12OS. The molecule has 0 spiro atoms. The number of benzene rings is 2. The van der Waals surface area contributed by atoms with Crippen molar-refractivity contribution in [3.8, 4) is 0 Å². The zero-order chi connectivity index (χ0) is 12.5. The molecule has 1 nitrogen and oxygen atoms in total. The Morgan fingerprint density at radius 1 is 1.00 bits per heavy atom. The lowest BCUT2D eigenvalue weighted by Gasteiger charge is -2.00. The molecule has 0 bridgehead atoms. The summed E-state index contributed by atoms with van der Waals surface area (Å²) < 4.78 is 0. The first kappa shape index (κ1) is 11.3. The van der Waals surface area contributed by atoms with Crippen molar-refractivity contribution >= 4 is 23.6 Å². The van der Waals surface area contributed by atoms with Crippen molar-refractivity contribution in [1.82, 2.24) is 0 Å². The molecule has 0 N–H and O–H groups in total. The van der Waals surface area contributed by atoms with E-state index in [2.05, 4.69) is 13.0 Å². The average molecular weight is 252 g/mol. The molecule has 2 heteroatoms. The van der Waals surface area contributed by atoms with E-state index in [4.69, 9.17) is 0 Å². The van der Waals surface area contributed by atoms with Gasteiger partial charge in [-0.15, -0.1) is 0 Å². The van der Waals surface area contributed by atoms with Gasteiger partial charge in [0, 0.05) is 10.5 Å². The van der Waals surface area contributed by atoms with Gasteiger partial charge in [-0.25, -0.2) is 0 Å². The second-order valence-corrected chi connectivity index (χ2v) is 5.38. The summed E-state index contributed by atoms with van der Waals surface area (Å²) in [5, 5.41) is 0. The second-order valence-electron chi connectivity index (χ2n) is 4.29. The summed E-state index contributed by atoms with van der Waals surface area (Å²) in [4.78, 5) is 14.1. The molecule has 0 atom stereocenters. The Balaban J connectivity index is 2.02. The van der Waals surface area contributed by atoms with E-state index in [-0.39, 0.29) is 5.78 Å². The molecule has 0 aliphatic carbocycles. The third kappa shape index (κ3) is 1.89. The molecule has 1 aliphatic rings. The number of thioether (sulfide) groups is 1. The van der Waals surface area contributed by atoms with Crippen molar-refractivity contribution in [3.05, 3.63) is 70.1 Å². The Morgan fingerprint density at radius 3 is 2.50 bits per heavy atom. The van der Waals surface area contributed by atoms with E-state index in [9.17, 15) is 4.79 Å². The largest absolute Gasteiger partial charge is 0.288 e. The zero-order valence-electron chi connectivity index (χ0n) is 10.0. The first-order valence-electron chi connectivity index (χ1n) is 5.84. The van der Waals surface area contributed by atoms with Gasteiger partial charge in [-0.2, -0.15) is 0 Å². The number of Topliss-reactive ketones (excluding diaryl/α,β-unsaturated/α-hetero) is 1. The van der Waals surface area contributed by atoms with Crippen molar-refractivity contribution in [2.45, 2.75) is 11.8 Å². The smallest absolute Gasteiger partial charge is 0.200 e. The van der Waals surface area contributed by atoms with E-state index in [0.29, 0.717) is 0 Å². The lowest BCUT2D eigenvalue weighted by molar-refractivity contribution is 0.104. The first-order chi connectivity index (χ1) is 8.75. The highest BCUT2D eigenvalue weighted by molar-refractivity contribution is 8.04. The van der Waals surface area contributed by atoms with E-state index >= 15 is 0 Å². The predicted molar refractivity (Wildman–Crippen MR) is 75.8 cm³/mol. The minimum absolute atomic E-state index is 0.138. The lowest BCUT2D eigenvalue weighted by atomic mass is 10.1. The third-order valence-corrected chi connectivity index (χ3v) is 4.15. The van der Waals surface area contributed by atoms with E-state index in [1.54, 1.807) is 11.8 Å². The summed E-state index contributed by atoms with van der Waals surface area (Å²) in [5.74, 6) is 0.138. The normalized spacial score (nSPS) is 16.1. The summed E-state index contributed by atoms with van der Waals surface area (Å²) >= 11 is 1.56. The fourth-order valence-electron chi connectivity index (χ4n) is 2.03. The topological polar surface area (TPSA) is 17.1 Å². The Morgan fingerprint density at radius 2 is 1.72 bits per heavy atom. The van der Waals surface area contributed by atoms with Gasteiger partial charge in [0.1, 0.15) is 0 Å². The number of aryl methyl sites for hydroxylation is 1. The SMILES string of the molecule is Cc1ccccc1C=C1Sc2ccccc2C1=O. The highest BCUT2D eigenvalue weighted by Gasteiger charge is 2.25. The molecule has 3 rings (SSSR count). The summed E-state index contributed by atoms with van der Waals surface area (Å²) in [6.45, 7) is 2.06. The summed E-state index contributed by atoms with van der Waals surface area (Å²) in [6, 6.07) is 15.9. The van der Waals surface area contributed by atoms with Crippen LogP contribution in [0.2, 0.25) is 0 Å². The van der Waals surface area contributed by atoms with Gasteiger partial charge >= 0.3 is 0 Å². The molecule has 0 aromatic heterocycles. The molecular weight excluding hydrogens is 240 g/mol. The minimum atomic E-state index is 0.138. The van der Waals surface area contributed by atoms with Gasteiger partial charge in [-0.1, -0.05) is 48.2 Å². The second kappa shape index (κ2) is 4.46. The van der Waals surface area contributed by atoms with E-state index in [0.717, 1.165) is 20.9 Å². The fourth-order valence-corrected chi connectivity index (χ4v) is 3.07. The number of ketones is 1.